The average Bonchev–Trinajstić information content (AvgIpc) is 3.39. The molecule has 176 valence electrons. The van der Waals surface area contributed by atoms with Gasteiger partial charge in [0.15, 0.2) is 0 Å². The number of hydrogen-bond donors (Lipinski definition) is 1. The van der Waals surface area contributed by atoms with Gasteiger partial charge in [-0.3, -0.25) is 4.90 Å². The average molecular weight is 469 g/mol. The van der Waals surface area contributed by atoms with Gasteiger partial charge in [0.25, 0.3) is 5.89 Å². The first-order chi connectivity index (χ1) is 17.1. The second-order valence-electron chi connectivity index (χ2n) is 7.98. The van der Waals surface area contributed by atoms with Crippen LogP contribution >= 0.6 is 0 Å². The Morgan fingerprint density at radius 3 is 2.14 bits per heavy atom. The minimum absolute atomic E-state index is 0.264. The molecule has 1 aliphatic rings. The summed E-state index contributed by atoms with van der Waals surface area (Å²) in [4.78, 5) is 19.6. The smallest absolute Gasteiger partial charge is 0.326 e. The van der Waals surface area contributed by atoms with Gasteiger partial charge in [-0.25, -0.2) is 4.79 Å². The summed E-state index contributed by atoms with van der Waals surface area (Å²) < 4.78 is 16.3. The van der Waals surface area contributed by atoms with Gasteiger partial charge in [-0.15, -0.1) is 0 Å². The van der Waals surface area contributed by atoms with Crippen LogP contribution in [-0.2, 0) is 0 Å². The molecule has 35 heavy (non-hydrogen) atoms. The number of benzene rings is 3. The van der Waals surface area contributed by atoms with E-state index in [1.54, 1.807) is 19.1 Å². The van der Waals surface area contributed by atoms with Crippen molar-refractivity contribution < 1.29 is 18.8 Å². The van der Waals surface area contributed by atoms with E-state index in [0.29, 0.717) is 34.4 Å². The number of carbonyl (C=O) groups is 1. The van der Waals surface area contributed by atoms with E-state index in [0.717, 1.165) is 16.9 Å². The fourth-order valence-electron chi connectivity index (χ4n) is 4.15. The van der Waals surface area contributed by atoms with E-state index in [1.807, 2.05) is 85.8 Å². The number of aromatic nitrogens is 2. The summed E-state index contributed by atoms with van der Waals surface area (Å²) in [6.07, 6.45) is 0. The van der Waals surface area contributed by atoms with Crippen molar-refractivity contribution >= 4 is 17.3 Å². The fourth-order valence-corrected chi connectivity index (χ4v) is 4.15. The largest absolute Gasteiger partial charge is 0.497 e. The van der Waals surface area contributed by atoms with Gasteiger partial charge < -0.3 is 19.3 Å². The zero-order chi connectivity index (χ0) is 24.4. The molecule has 1 aromatic heterocycles. The third kappa shape index (κ3) is 4.21. The van der Waals surface area contributed by atoms with Gasteiger partial charge in [0.05, 0.1) is 31.5 Å². The van der Waals surface area contributed by atoms with Gasteiger partial charge in [-0.1, -0.05) is 47.6 Å². The van der Waals surface area contributed by atoms with E-state index in [9.17, 15) is 4.79 Å². The van der Waals surface area contributed by atoms with Crippen LogP contribution in [0.5, 0.6) is 11.5 Å². The van der Waals surface area contributed by atoms with Crippen molar-refractivity contribution in [3.63, 3.8) is 0 Å². The molecule has 0 fully saturated rings. The minimum atomic E-state index is -0.494. The SMILES string of the molecule is COc1ccc(C2NC(=O)N(c3ccc(OC)cc3)C(C)=C2c2nc(-c3ccccc3)no2)cc1. The normalized spacial score (nSPS) is 15.7. The predicted molar refractivity (Wildman–Crippen MR) is 132 cm³/mol. The quantitative estimate of drug-likeness (QED) is 0.404. The van der Waals surface area contributed by atoms with Crippen LogP contribution in [0, 0.1) is 0 Å². The van der Waals surface area contributed by atoms with Crippen molar-refractivity contribution in [3.05, 3.63) is 96.0 Å². The first-order valence-corrected chi connectivity index (χ1v) is 11.1. The highest BCUT2D eigenvalue weighted by atomic mass is 16.5. The minimum Gasteiger partial charge on any atom is -0.497 e. The molecule has 2 heterocycles. The summed E-state index contributed by atoms with van der Waals surface area (Å²) in [6.45, 7) is 1.88. The van der Waals surface area contributed by atoms with E-state index >= 15 is 0 Å². The Labute approximate surface area is 202 Å². The lowest BCUT2D eigenvalue weighted by molar-refractivity contribution is 0.244. The molecular weight excluding hydrogens is 444 g/mol. The first kappa shape index (κ1) is 22.2. The third-order valence-electron chi connectivity index (χ3n) is 5.95. The molecule has 1 aliphatic heterocycles. The van der Waals surface area contributed by atoms with Gasteiger partial charge in [0.2, 0.25) is 5.82 Å². The van der Waals surface area contributed by atoms with E-state index < -0.39 is 6.04 Å². The summed E-state index contributed by atoms with van der Waals surface area (Å²) in [5.74, 6) is 2.23. The number of hydrogen-bond acceptors (Lipinski definition) is 6. The molecule has 0 radical (unpaired) electrons. The van der Waals surface area contributed by atoms with Crippen LogP contribution < -0.4 is 19.7 Å². The number of nitrogens with one attached hydrogen (secondary N) is 1. The molecule has 0 bridgehead atoms. The third-order valence-corrected chi connectivity index (χ3v) is 5.95. The van der Waals surface area contributed by atoms with Crippen molar-refractivity contribution in [2.45, 2.75) is 13.0 Å². The topological polar surface area (TPSA) is 89.7 Å². The van der Waals surface area contributed by atoms with E-state index in [4.69, 9.17) is 14.0 Å². The second kappa shape index (κ2) is 9.34. The van der Waals surface area contributed by atoms with Crippen LogP contribution in [0.4, 0.5) is 10.5 Å². The molecular formula is C27H24N4O4. The number of anilines is 1. The number of methoxy groups -OCH3 is 2. The van der Waals surface area contributed by atoms with Gasteiger partial charge in [0, 0.05) is 11.3 Å². The molecule has 0 spiro atoms. The molecule has 0 saturated heterocycles. The molecule has 5 rings (SSSR count). The Kier molecular flexibility index (Phi) is 5.93. The number of urea groups is 1. The van der Waals surface area contributed by atoms with Gasteiger partial charge in [-0.05, 0) is 48.9 Å². The molecule has 0 saturated carbocycles. The summed E-state index contributed by atoms with van der Waals surface area (Å²) in [7, 11) is 3.22. The van der Waals surface area contributed by atoms with Crippen molar-refractivity contribution in [1.29, 1.82) is 0 Å². The van der Waals surface area contributed by atoms with Crippen LogP contribution in [0.1, 0.15) is 24.4 Å². The van der Waals surface area contributed by atoms with E-state index in [2.05, 4.69) is 15.5 Å². The Morgan fingerprint density at radius 1 is 0.886 bits per heavy atom. The lowest BCUT2D eigenvalue weighted by Gasteiger charge is -2.35. The van der Waals surface area contributed by atoms with Gasteiger partial charge in [0.1, 0.15) is 11.5 Å². The van der Waals surface area contributed by atoms with Crippen LogP contribution in [0.25, 0.3) is 17.0 Å². The Bertz CT molecular complexity index is 1360. The highest BCUT2D eigenvalue weighted by Crippen LogP contribution is 2.39. The fraction of sp³-hybridized carbons (Fsp3) is 0.148. The van der Waals surface area contributed by atoms with Crippen LogP contribution in [0.15, 0.2) is 89.1 Å². The first-order valence-electron chi connectivity index (χ1n) is 11.1. The molecule has 2 amide bonds. The van der Waals surface area contributed by atoms with Crippen molar-refractivity contribution in [3.8, 4) is 22.9 Å². The Morgan fingerprint density at radius 2 is 1.51 bits per heavy atom. The summed E-state index contributed by atoms with van der Waals surface area (Å²) in [5.41, 5.74) is 3.79. The second-order valence-corrected chi connectivity index (χ2v) is 7.98. The zero-order valence-electron chi connectivity index (χ0n) is 19.6. The number of ether oxygens (including phenoxy) is 2. The number of nitrogens with zero attached hydrogens (tertiary/aromatic N) is 3. The molecule has 1 unspecified atom stereocenters. The monoisotopic (exact) mass is 468 g/mol. The zero-order valence-corrected chi connectivity index (χ0v) is 19.6. The van der Waals surface area contributed by atoms with Crippen molar-refractivity contribution in [1.82, 2.24) is 15.5 Å². The molecule has 3 aromatic carbocycles. The van der Waals surface area contributed by atoms with Crippen molar-refractivity contribution in [2.75, 3.05) is 19.1 Å². The molecule has 8 nitrogen and oxygen atoms in total. The number of carbonyl (C=O) groups excluding carboxylic acids is 1. The highest BCUT2D eigenvalue weighted by Gasteiger charge is 2.36. The van der Waals surface area contributed by atoms with E-state index in [-0.39, 0.29) is 6.03 Å². The van der Waals surface area contributed by atoms with Gasteiger partial charge in [-0.2, -0.15) is 4.98 Å². The number of amides is 2. The summed E-state index contributed by atoms with van der Waals surface area (Å²) in [6, 6.07) is 23.7. The highest BCUT2D eigenvalue weighted by molar-refractivity contribution is 6.01. The van der Waals surface area contributed by atoms with Crippen molar-refractivity contribution in [2.24, 2.45) is 0 Å². The van der Waals surface area contributed by atoms with Crippen LogP contribution in [-0.4, -0.2) is 30.4 Å². The van der Waals surface area contributed by atoms with E-state index in [1.165, 1.54) is 0 Å². The summed E-state index contributed by atoms with van der Waals surface area (Å²) in [5, 5.41) is 7.31. The van der Waals surface area contributed by atoms with Crippen LogP contribution in [0.2, 0.25) is 0 Å². The number of allylic oxidation sites excluding steroid dienone is 1. The lowest BCUT2D eigenvalue weighted by atomic mass is 9.94. The maximum absolute atomic E-state index is 13.3. The Balaban J connectivity index is 1.63. The molecule has 0 aliphatic carbocycles. The maximum Gasteiger partial charge on any atom is 0.326 e. The molecule has 8 heteroatoms. The molecule has 1 atom stereocenters. The molecule has 1 N–H and O–H groups in total. The maximum atomic E-state index is 13.3. The van der Waals surface area contributed by atoms with Gasteiger partial charge >= 0.3 is 6.03 Å². The predicted octanol–water partition coefficient (Wildman–Crippen LogP) is 5.46. The Hall–Kier alpha value is -4.59. The molecule has 4 aromatic rings. The summed E-state index contributed by atoms with van der Waals surface area (Å²) >= 11 is 0. The number of rotatable bonds is 6. The lowest BCUT2D eigenvalue weighted by Crippen LogP contribution is -2.46. The standard InChI is InChI=1S/C27H24N4O4/c1-17-23(26-29-25(30-35-26)19-7-5-4-6-8-19)24(18-9-13-21(33-2)14-10-18)28-27(32)31(17)20-11-15-22(34-3)16-12-20/h4-16,24H,1-3H3,(H,28,32). The van der Waals surface area contributed by atoms with Crippen LogP contribution in [0.3, 0.4) is 0 Å².